The molecule has 0 aromatic heterocycles. The highest BCUT2D eigenvalue weighted by atomic mass is 16.4. The Labute approximate surface area is 87.1 Å². The molecule has 0 bridgehead atoms. The minimum Gasteiger partial charge on any atom is -0.480 e. The van der Waals surface area contributed by atoms with Crippen molar-refractivity contribution in [1.82, 2.24) is 4.90 Å². The van der Waals surface area contributed by atoms with Gasteiger partial charge in [0.1, 0.15) is 0 Å². The van der Waals surface area contributed by atoms with Crippen molar-refractivity contribution in [2.75, 3.05) is 13.1 Å². The van der Waals surface area contributed by atoms with Gasteiger partial charge in [-0.25, -0.2) is 0 Å². The van der Waals surface area contributed by atoms with Crippen molar-refractivity contribution in [2.24, 2.45) is 11.8 Å². The van der Waals surface area contributed by atoms with E-state index in [9.17, 15) is 4.79 Å². The normalized spacial score (nSPS) is 14.0. The molecular formula is C11H23NO2. The van der Waals surface area contributed by atoms with Crippen molar-refractivity contribution in [3.8, 4) is 0 Å². The topological polar surface area (TPSA) is 40.5 Å². The van der Waals surface area contributed by atoms with Crippen LogP contribution in [-0.2, 0) is 4.79 Å². The maximum absolute atomic E-state index is 10.7. The van der Waals surface area contributed by atoms with E-state index in [2.05, 4.69) is 34.6 Å². The first-order valence-electron chi connectivity index (χ1n) is 5.30. The van der Waals surface area contributed by atoms with E-state index < -0.39 is 5.97 Å². The van der Waals surface area contributed by atoms with Crippen molar-refractivity contribution in [3.63, 3.8) is 0 Å². The Morgan fingerprint density at radius 1 is 1.21 bits per heavy atom. The number of nitrogens with zero attached hydrogens (tertiary/aromatic N) is 1. The third-order valence-electron chi connectivity index (χ3n) is 2.48. The summed E-state index contributed by atoms with van der Waals surface area (Å²) in [5, 5.41) is 8.79. The summed E-state index contributed by atoms with van der Waals surface area (Å²) in [5.41, 5.74) is 0. The minimum atomic E-state index is -0.738. The van der Waals surface area contributed by atoms with Crippen LogP contribution < -0.4 is 0 Å². The Kier molecular flexibility index (Phi) is 5.77. The fraction of sp³-hybridized carbons (Fsp3) is 0.909. The molecule has 1 unspecified atom stereocenters. The third-order valence-corrected chi connectivity index (χ3v) is 2.48. The van der Waals surface area contributed by atoms with Gasteiger partial charge in [0.05, 0.1) is 6.54 Å². The van der Waals surface area contributed by atoms with Gasteiger partial charge in [-0.1, -0.05) is 27.7 Å². The van der Waals surface area contributed by atoms with Gasteiger partial charge in [0, 0.05) is 12.6 Å². The molecule has 0 rings (SSSR count). The van der Waals surface area contributed by atoms with Crippen molar-refractivity contribution in [3.05, 3.63) is 0 Å². The Morgan fingerprint density at radius 2 is 1.71 bits per heavy atom. The van der Waals surface area contributed by atoms with Crippen LogP contribution in [0.25, 0.3) is 0 Å². The Balaban J connectivity index is 4.30. The first-order chi connectivity index (χ1) is 6.34. The van der Waals surface area contributed by atoms with E-state index in [1.54, 1.807) is 0 Å². The van der Waals surface area contributed by atoms with Gasteiger partial charge in [-0.15, -0.1) is 0 Å². The summed E-state index contributed by atoms with van der Waals surface area (Å²) < 4.78 is 0. The molecule has 0 spiro atoms. The molecule has 0 fully saturated rings. The maximum atomic E-state index is 10.7. The number of carboxylic acid groups (broad SMARTS) is 1. The largest absolute Gasteiger partial charge is 0.480 e. The van der Waals surface area contributed by atoms with Crippen LogP contribution in [0.2, 0.25) is 0 Å². The molecule has 3 nitrogen and oxygen atoms in total. The van der Waals surface area contributed by atoms with Gasteiger partial charge in [0.2, 0.25) is 0 Å². The molecule has 1 N–H and O–H groups in total. The van der Waals surface area contributed by atoms with E-state index in [0.717, 1.165) is 6.54 Å². The fourth-order valence-electron chi connectivity index (χ4n) is 1.44. The third kappa shape index (κ3) is 5.22. The Morgan fingerprint density at radius 3 is 2.00 bits per heavy atom. The second kappa shape index (κ2) is 6.02. The lowest BCUT2D eigenvalue weighted by atomic mass is 10.0. The molecule has 0 aliphatic rings. The highest BCUT2D eigenvalue weighted by Gasteiger charge is 2.20. The maximum Gasteiger partial charge on any atom is 0.317 e. The van der Waals surface area contributed by atoms with Crippen LogP contribution in [0.5, 0.6) is 0 Å². The zero-order valence-electron chi connectivity index (χ0n) is 9.95. The molecule has 0 aromatic carbocycles. The molecule has 0 saturated heterocycles. The first-order valence-corrected chi connectivity index (χ1v) is 5.30. The van der Waals surface area contributed by atoms with Crippen molar-refractivity contribution >= 4 is 5.97 Å². The van der Waals surface area contributed by atoms with Crippen LogP contribution in [0, 0.1) is 11.8 Å². The summed E-state index contributed by atoms with van der Waals surface area (Å²) in [6.45, 7) is 11.6. The lowest BCUT2D eigenvalue weighted by Gasteiger charge is -2.31. The van der Waals surface area contributed by atoms with E-state index in [1.807, 2.05) is 4.90 Å². The molecule has 0 amide bonds. The van der Waals surface area contributed by atoms with E-state index in [0.29, 0.717) is 17.9 Å². The van der Waals surface area contributed by atoms with Crippen molar-refractivity contribution in [2.45, 2.75) is 40.7 Å². The van der Waals surface area contributed by atoms with Gasteiger partial charge >= 0.3 is 5.97 Å². The lowest BCUT2D eigenvalue weighted by Crippen LogP contribution is -2.42. The van der Waals surface area contributed by atoms with Gasteiger partial charge in [0.15, 0.2) is 0 Å². The molecule has 0 aromatic rings. The van der Waals surface area contributed by atoms with E-state index in [-0.39, 0.29) is 6.54 Å². The fourth-order valence-corrected chi connectivity index (χ4v) is 1.44. The minimum absolute atomic E-state index is 0.150. The average Bonchev–Trinajstić information content (AvgIpc) is 1.99. The van der Waals surface area contributed by atoms with E-state index in [1.165, 1.54) is 0 Å². The van der Waals surface area contributed by atoms with Crippen LogP contribution in [0.3, 0.4) is 0 Å². The molecule has 3 heteroatoms. The van der Waals surface area contributed by atoms with Crippen molar-refractivity contribution < 1.29 is 9.90 Å². The predicted molar refractivity (Wildman–Crippen MR) is 58.3 cm³/mol. The van der Waals surface area contributed by atoms with E-state index >= 15 is 0 Å². The van der Waals surface area contributed by atoms with Crippen LogP contribution in [0.15, 0.2) is 0 Å². The number of aliphatic carboxylic acids is 1. The van der Waals surface area contributed by atoms with Crippen LogP contribution >= 0.6 is 0 Å². The molecular weight excluding hydrogens is 178 g/mol. The quantitative estimate of drug-likeness (QED) is 0.715. The summed E-state index contributed by atoms with van der Waals surface area (Å²) in [5.74, 6) is 0.266. The molecule has 0 aliphatic heterocycles. The number of hydrogen-bond acceptors (Lipinski definition) is 2. The highest BCUT2D eigenvalue weighted by Crippen LogP contribution is 2.11. The summed E-state index contributed by atoms with van der Waals surface area (Å²) in [6, 6.07) is 0.327. The smallest absolute Gasteiger partial charge is 0.317 e. The second-order valence-corrected chi connectivity index (χ2v) is 4.70. The van der Waals surface area contributed by atoms with Crippen LogP contribution in [-0.4, -0.2) is 35.1 Å². The zero-order valence-corrected chi connectivity index (χ0v) is 9.95. The Bertz CT molecular complexity index is 178. The Hall–Kier alpha value is -0.570. The van der Waals surface area contributed by atoms with Gasteiger partial charge in [0.25, 0.3) is 0 Å². The summed E-state index contributed by atoms with van der Waals surface area (Å²) in [7, 11) is 0. The molecule has 0 heterocycles. The monoisotopic (exact) mass is 201 g/mol. The number of carboxylic acids is 1. The average molecular weight is 201 g/mol. The summed E-state index contributed by atoms with van der Waals surface area (Å²) in [4.78, 5) is 12.7. The standard InChI is InChI=1S/C11H23NO2/c1-8(2)6-12(7-11(13)14)10(5)9(3)4/h8-10H,6-7H2,1-5H3,(H,13,14). The number of carbonyl (C=O) groups is 1. The van der Waals surface area contributed by atoms with Crippen molar-refractivity contribution in [1.29, 1.82) is 0 Å². The molecule has 0 radical (unpaired) electrons. The molecule has 0 aliphatic carbocycles. The zero-order chi connectivity index (χ0) is 11.3. The van der Waals surface area contributed by atoms with Gasteiger partial charge in [-0.05, 0) is 18.8 Å². The number of hydrogen-bond donors (Lipinski definition) is 1. The predicted octanol–water partition coefficient (Wildman–Crippen LogP) is 2.07. The summed E-state index contributed by atoms with van der Waals surface area (Å²) >= 11 is 0. The van der Waals surface area contributed by atoms with Gasteiger partial charge in [-0.3, -0.25) is 9.69 Å². The summed E-state index contributed by atoms with van der Waals surface area (Å²) in [6.07, 6.45) is 0. The lowest BCUT2D eigenvalue weighted by molar-refractivity contribution is -0.139. The van der Waals surface area contributed by atoms with Gasteiger partial charge < -0.3 is 5.11 Å². The first kappa shape index (κ1) is 13.4. The highest BCUT2D eigenvalue weighted by molar-refractivity contribution is 5.69. The van der Waals surface area contributed by atoms with E-state index in [4.69, 9.17) is 5.11 Å². The second-order valence-electron chi connectivity index (χ2n) is 4.70. The molecule has 14 heavy (non-hydrogen) atoms. The SMILES string of the molecule is CC(C)CN(CC(=O)O)C(C)C(C)C. The molecule has 0 saturated carbocycles. The van der Waals surface area contributed by atoms with Gasteiger partial charge in [-0.2, -0.15) is 0 Å². The molecule has 1 atom stereocenters. The number of rotatable bonds is 6. The van der Waals surface area contributed by atoms with Crippen LogP contribution in [0.4, 0.5) is 0 Å². The van der Waals surface area contributed by atoms with Crippen LogP contribution in [0.1, 0.15) is 34.6 Å². The molecule has 84 valence electrons.